The van der Waals surface area contributed by atoms with Crippen molar-refractivity contribution in [1.29, 1.82) is 0 Å². The Balaban J connectivity index is 1.53. The molecule has 2 aromatic heterocycles. The van der Waals surface area contributed by atoms with Crippen molar-refractivity contribution in [3.05, 3.63) is 34.1 Å². The average Bonchev–Trinajstić information content (AvgIpc) is 3.02. The van der Waals surface area contributed by atoms with Crippen LogP contribution in [0.1, 0.15) is 67.8 Å². The van der Waals surface area contributed by atoms with Crippen molar-refractivity contribution in [2.45, 2.75) is 50.5 Å². The Labute approximate surface area is 133 Å². The van der Waals surface area contributed by atoms with Crippen LogP contribution in [-0.4, -0.2) is 27.5 Å². The number of amides is 1. The summed E-state index contributed by atoms with van der Waals surface area (Å²) in [7, 11) is 0. The Morgan fingerprint density at radius 2 is 2.32 bits per heavy atom. The van der Waals surface area contributed by atoms with E-state index >= 15 is 0 Å². The second kappa shape index (κ2) is 5.50. The molecule has 0 bridgehead atoms. The van der Waals surface area contributed by atoms with E-state index in [2.05, 4.69) is 10.1 Å². The van der Waals surface area contributed by atoms with Gasteiger partial charge in [-0.05, 0) is 55.0 Å². The molecule has 2 aliphatic rings. The van der Waals surface area contributed by atoms with E-state index in [-0.39, 0.29) is 17.9 Å². The SMILES string of the molecule is C[C@H](C(=O)N1CCC[C@@H]1c1noc(C2CC2)n1)c1ccsc1. The fraction of sp³-hybridized carbons (Fsp3) is 0.562. The van der Waals surface area contributed by atoms with Crippen LogP contribution < -0.4 is 0 Å². The van der Waals surface area contributed by atoms with Gasteiger partial charge in [0.15, 0.2) is 5.82 Å². The summed E-state index contributed by atoms with van der Waals surface area (Å²) in [6, 6.07) is 2.00. The first-order chi connectivity index (χ1) is 10.7. The van der Waals surface area contributed by atoms with Crippen LogP contribution in [0, 0.1) is 0 Å². The van der Waals surface area contributed by atoms with Crippen molar-refractivity contribution in [3.8, 4) is 0 Å². The minimum absolute atomic E-state index is 0.0233. The molecule has 4 rings (SSSR count). The highest BCUT2D eigenvalue weighted by molar-refractivity contribution is 7.08. The zero-order valence-corrected chi connectivity index (χ0v) is 13.4. The lowest BCUT2D eigenvalue weighted by atomic mass is 10.0. The quantitative estimate of drug-likeness (QED) is 0.866. The van der Waals surface area contributed by atoms with Crippen molar-refractivity contribution >= 4 is 17.2 Å². The maximum atomic E-state index is 12.8. The van der Waals surface area contributed by atoms with Crippen molar-refractivity contribution < 1.29 is 9.32 Å². The van der Waals surface area contributed by atoms with Crippen molar-refractivity contribution in [3.63, 3.8) is 0 Å². The Morgan fingerprint density at radius 1 is 1.45 bits per heavy atom. The van der Waals surface area contributed by atoms with Crippen molar-refractivity contribution in [1.82, 2.24) is 15.0 Å². The maximum Gasteiger partial charge on any atom is 0.230 e. The molecular formula is C16H19N3O2S. The molecule has 22 heavy (non-hydrogen) atoms. The van der Waals surface area contributed by atoms with Crippen LogP contribution in [0.3, 0.4) is 0 Å². The summed E-state index contributed by atoms with van der Waals surface area (Å²) in [6.07, 6.45) is 4.21. The second-order valence-electron chi connectivity index (χ2n) is 6.23. The molecular weight excluding hydrogens is 298 g/mol. The molecule has 0 unspecified atom stereocenters. The van der Waals surface area contributed by atoms with Gasteiger partial charge < -0.3 is 9.42 Å². The highest BCUT2D eigenvalue weighted by atomic mass is 32.1. The molecule has 0 radical (unpaired) electrons. The molecule has 6 heteroatoms. The van der Waals surface area contributed by atoms with Gasteiger partial charge >= 0.3 is 0 Å². The fourth-order valence-corrected chi connectivity index (χ4v) is 3.84. The predicted octanol–water partition coefficient (Wildman–Crippen LogP) is 3.48. The molecule has 116 valence electrons. The Kier molecular flexibility index (Phi) is 3.48. The van der Waals surface area contributed by atoms with E-state index in [9.17, 15) is 4.79 Å². The molecule has 0 spiro atoms. The third-order valence-corrected chi connectivity index (χ3v) is 5.33. The number of rotatable bonds is 4. The van der Waals surface area contributed by atoms with E-state index in [1.165, 1.54) is 0 Å². The van der Waals surface area contributed by atoms with Gasteiger partial charge in [0, 0.05) is 12.5 Å². The van der Waals surface area contributed by atoms with Gasteiger partial charge in [0.2, 0.25) is 11.8 Å². The van der Waals surface area contributed by atoms with Crippen LogP contribution in [0.4, 0.5) is 0 Å². The lowest BCUT2D eigenvalue weighted by molar-refractivity contribution is -0.133. The van der Waals surface area contributed by atoms with Gasteiger partial charge in [0.05, 0.1) is 12.0 Å². The van der Waals surface area contributed by atoms with Crippen LogP contribution in [0.5, 0.6) is 0 Å². The Morgan fingerprint density at radius 3 is 3.05 bits per heavy atom. The molecule has 1 aliphatic carbocycles. The van der Waals surface area contributed by atoms with Crippen molar-refractivity contribution in [2.75, 3.05) is 6.54 Å². The molecule has 2 atom stereocenters. The smallest absolute Gasteiger partial charge is 0.230 e. The van der Waals surface area contributed by atoms with Crippen LogP contribution in [-0.2, 0) is 4.79 Å². The van der Waals surface area contributed by atoms with Crippen LogP contribution in [0.15, 0.2) is 21.3 Å². The van der Waals surface area contributed by atoms with Crippen LogP contribution in [0.2, 0.25) is 0 Å². The van der Waals surface area contributed by atoms with E-state index in [0.717, 1.165) is 43.7 Å². The topological polar surface area (TPSA) is 59.2 Å². The number of aromatic nitrogens is 2. The largest absolute Gasteiger partial charge is 0.339 e. The number of thiophene rings is 1. The van der Waals surface area contributed by atoms with Gasteiger partial charge in [0.1, 0.15) is 0 Å². The first-order valence-electron chi connectivity index (χ1n) is 7.90. The second-order valence-corrected chi connectivity index (χ2v) is 7.01. The Bertz CT molecular complexity index is 663. The lowest BCUT2D eigenvalue weighted by Gasteiger charge is -2.25. The molecule has 1 saturated carbocycles. The summed E-state index contributed by atoms with van der Waals surface area (Å²) in [6.45, 7) is 2.76. The summed E-state index contributed by atoms with van der Waals surface area (Å²) >= 11 is 1.63. The van der Waals surface area contributed by atoms with Gasteiger partial charge in [-0.2, -0.15) is 16.3 Å². The highest BCUT2D eigenvalue weighted by Gasteiger charge is 2.37. The van der Waals surface area contributed by atoms with E-state index in [0.29, 0.717) is 11.7 Å². The van der Waals surface area contributed by atoms with E-state index < -0.39 is 0 Å². The minimum atomic E-state index is -0.110. The Hall–Kier alpha value is -1.69. The molecule has 3 heterocycles. The molecule has 2 aromatic rings. The third-order valence-electron chi connectivity index (χ3n) is 4.63. The van der Waals surface area contributed by atoms with E-state index in [1.54, 1.807) is 11.3 Å². The van der Waals surface area contributed by atoms with Crippen molar-refractivity contribution in [2.24, 2.45) is 0 Å². The number of hydrogen-bond acceptors (Lipinski definition) is 5. The molecule has 1 aliphatic heterocycles. The summed E-state index contributed by atoms with van der Waals surface area (Å²) in [5, 5.41) is 8.20. The average molecular weight is 317 g/mol. The first kappa shape index (κ1) is 13.9. The van der Waals surface area contributed by atoms with Crippen LogP contribution in [0.25, 0.3) is 0 Å². The molecule has 1 saturated heterocycles. The molecule has 5 nitrogen and oxygen atoms in total. The summed E-state index contributed by atoms with van der Waals surface area (Å²) in [5.74, 6) is 1.95. The number of nitrogens with zero attached hydrogens (tertiary/aromatic N) is 3. The maximum absolute atomic E-state index is 12.8. The highest BCUT2D eigenvalue weighted by Crippen LogP contribution is 2.40. The lowest BCUT2D eigenvalue weighted by Crippen LogP contribution is -2.34. The number of likely N-dealkylation sites (tertiary alicyclic amines) is 1. The van der Waals surface area contributed by atoms with E-state index in [1.807, 2.05) is 28.7 Å². The van der Waals surface area contributed by atoms with E-state index in [4.69, 9.17) is 4.52 Å². The number of hydrogen-bond donors (Lipinski definition) is 0. The summed E-state index contributed by atoms with van der Waals surface area (Å²) < 4.78 is 5.36. The van der Waals surface area contributed by atoms with Gasteiger partial charge in [-0.3, -0.25) is 4.79 Å². The van der Waals surface area contributed by atoms with Gasteiger partial charge in [0.25, 0.3) is 0 Å². The van der Waals surface area contributed by atoms with Gasteiger partial charge in [-0.15, -0.1) is 0 Å². The molecule has 2 fully saturated rings. The number of carbonyl (C=O) groups is 1. The normalized spacial score (nSPS) is 23.0. The van der Waals surface area contributed by atoms with Gasteiger partial charge in [-0.1, -0.05) is 5.16 Å². The minimum Gasteiger partial charge on any atom is -0.339 e. The summed E-state index contributed by atoms with van der Waals surface area (Å²) in [5.41, 5.74) is 1.09. The first-order valence-corrected chi connectivity index (χ1v) is 8.84. The summed E-state index contributed by atoms with van der Waals surface area (Å²) in [4.78, 5) is 19.3. The number of carbonyl (C=O) groups excluding carboxylic acids is 1. The fourth-order valence-electron chi connectivity index (χ4n) is 3.09. The third kappa shape index (κ3) is 2.45. The van der Waals surface area contributed by atoms with Crippen LogP contribution >= 0.6 is 11.3 Å². The molecule has 0 aromatic carbocycles. The molecule has 1 amide bonds. The van der Waals surface area contributed by atoms with Gasteiger partial charge in [-0.25, -0.2) is 0 Å². The zero-order chi connectivity index (χ0) is 15.1. The monoisotopic (exact) mass is 317 g/mol. The zero-order valence-electron chi connectivity index (χ0n) is 12.6. The predicted molar refractivity (Wildman–Crippen MR) is 82.7 cm³/mol. The standard InChI is InChI=1S/C16H19N3O2S/c1-10(12-6-8-22-9-12)16(20)19-7-2-3-13(19)14-17-15(21-18-14)11-4-5-11/h6,8-11,13H,2-5,7H2,1H3/t10-,13+/m0/s1. The molecule has 0 N–H and O–H groups in total.